The molecule has 0 saturated heterocycles. The molecule has 1 aromatic heterocycles. The number of nitrogens with zero attached hydrogens (tertiary/aromatic N) is 1. The van der Waals surface area contributed by atoms with Gasteiger partial charge in [0.25, 0.3) is 5.91 Å². The smallest absolute Gasteiger partial charge is 0.272 e. The van der Waals surface area contributed by atoms with Crippen molar-refractivity contribution in [3.63, 3.8) is 0 Å². The van der Waals surface area contributed by atoms with Crippen molar-refractivity contribution in [3.8, 4) is 0 Å². The van der Waals surface area contributed by atoms with Crippen molar-refractivity contribution < 1.29 is 9.59 Å². The molecule has 3 N–H and O–H groups in total. The van der Waals surface area contributed by atoms with Crippen LogP contribution in [0, 0.1) is 6.92 Å². The summed E-state index contributed by atoms with van der Waals surface area (Å²) >= 11 is 6.02. The number of H-pyrrole nitrogens is 1. The fraction of sp³-hybridized carbons (Fsp3) is 0.118. The Balaban J connectivity index is 1.61. The third-order valence-electron chi connectivity index (χ3n) is 3.55. The molecule has 122 valence electrons. The van der Waals surface area contributed by atoms with Crippen molar-refractivity contribution >= 4 is 40.0 Å². The number of para-hydroxylation sites is 1. The summed E-state index contributed by atoms with van der Waals surface area (Å²) in [7, 11) is 0. The topological polar surface area (TPSA) is 86.9 Å². The number of rotatable bonds is 4. The van der Waals surface area contributed by atoms with E-state index in [0.29, 0.717) is 16.1 Å². The van der Waals surface area contributed by atoms with Gasteiger partial charge in [-0.15, -0.1) is 0 Å². The van der Waals surface area contributed by atoms with Crippen molar-refractivity contribution in [2.45, 2.75) is 6.92 Å². The number of nitrogens with one attached hydrogen (secondary N) is 3. The second kappa shape index (κ2) is 6.72. The predicted molar refractivity (Wildman–Crippen MR) is 93.2 cm³/mol. The molecule has 0 unspecified atom stereocenters. The molecule has 0 bridgehead atoms. The molecule has 3 rings (SSSR count). The van der Waals surface area contributed by atoms with Crippen LogP contribution in [-0.4, -0.2) is 28.6 Å². The fourth-order valence-electron chi connectivity index (χ4n) is 2.26. The Morgan fingerprint density at radius 2 is 2.00 bits per heavy atom. The minimum atomic E-state index is -0.412. The monoisotopic (exact) mass is 342 g/mol. The molecule has 2 amide bonds. The molecule has 0 radical (unpaired) electrons. The quantitative estimate of drug-likeness (QED) is 0.681. The summed E-state index contributed by atoms with van der Waals surface area (Å²) < 4.78 is 0. The zero-order chi connectivity index (χ0) is 17.1. The van der Waals surface area contributed by atoms with Gasteiger partial charge in [-0.1, -0.05) is 35.9 Å². The van der Waals surface area contributed by atoms with E-state index in [9.17, 15) is 9.59 Å². The first-order chi connectivity index (χ1) is 11.5. The van der Waals surface area contributed by atoms with E-state index >= 15 is 0 Å². The van der Waals surface area contributed by atoms with E-state index in [0.717, 1.165) is 11.1 Å². The van der Waals surface area contributed by atoms with Gasteiger partial charge in [-0.05, 0) is 30.7 Å². The first kappa shape index (κ1) is 16.0. The van der Waals surface area contributed by atoms with E-state index in [4.69, 9.17) is 11.6 Å². The van der Waals surface area contributed by atoms with E-state index in [2.05, 4.69) is 20.8 Å². The minimum absolute atomic E-state index is 0.161. The van der Waals surface area contributed by atoms with Crippen LogP contribution in [0.15, 0.2) is 42.5 Å². The maximum absolute atomic E-state index is 12.2. The zero-order valence-electron chi connectivity index (χ0n) is 12.9. The Kier molecular flexibility index (Phi) is 4.48. The average molecular weight is 343 g/mol. The van der Waals surface area contributed by atoms with E-state index < -0.39 is 5.91 Å². The van der Waals surface area contributed by atoms with Crippen LogP contribution in [0.3, 0.4) is 0 Å². The van der Waals surface area contributed by atoms with Crippen molar-refractivity contribution in [1.82, 2.24) is 15.5 Å². The molecule has 2 aromatic carbocycles. The lowest BCUT2D eigenvalue weighted by molar-refractivity contribution is -0.115. The van der Waals surface area contributed by atoms with Gasteiger partial charge in [0.05, 0.1) is 12.1 Å². The third-order valence-corrected chi connectivity index (χ3v) is 3.96. The van der Waals surface area contributed by atoms with Gasteiger partial charge in [-0.25, -0.2) is 0 Å². The van der Waals surface area contributed by atoms with Crippen molar-refractivity contribution in [3.05, 3.63) is 58.7 Å². The number of aryl methyl sites for hydroxylation is 1. The van der Waals surface area contributed by atoms with Crippen LogP contribution in [0.5, 0.6) is 0 Å². The minimum Gasteiger partial charge on any atom is -0.342 e. The van der Waals surface area contributed by atoms with Crippen LogP contribution >= 0.6 is 11.6 Å². The second-order valence-electron chi connectivity index (χ2n) is 5.31. The van der Waals surface area contributed by atoms with Gasteiger partial charge in [-0.2, -0.15) is 5.10 Å². The number of halogens is 1. The highest BCUT2D eigenvalue weighted by atomic mass is 35.5. The Bertz CT molecular complexity index is 920. The Hall–Kier alpha value is -2.86. The predicted octanol–water partition coefficient (Wildman–Crippen LogP) is 2.89. The van der Waals surface area contributed by atoms with Gasteiger partial charge in [0, 0.05) is 16.1 Å². The molecule has 0 atom stereocenters. The molecule has 0 aliphatic carbocycles. The SMILES string of the molecule is Cc1ccc(NC(=O)CNC(=O)c2n[nH]c3ccccc23)cc1Cl. The maximum Gasteiger partial charge on any atom is 0.272 e. The summed E-state index contributed by atoms with van der Waals surface area (Å²) in [6, 6.07) is 12.5. The highest BCUT2D eigenvalue weighted by Crippen LogP contribution is 2.19. The van der Waals surface area contributed by atoms with Gasteiger partial charge >= 0.3 is 0 Å². The summed E-state index contributed by atoms with van der Waals surface area (Å²) in [6.45, 7) is 1.72. The van der Waals surface area contributed by atoms with Crippen LogP contribution < -0.4 is 10.6 Å². The Labute approximate surface area is 143 Å². The highest BCUT2D eigenvalue weighted by Gasteiger charge is 2.14. The van der Waals surface area contributed by atoms with E-state index in [-0.39, 0.29) is 18.1 Å². The van der Waals surface area contributed by atoms with Crippen LogP contribution in [0.2, 0.25) is 5.02 Å². The number of aromatic nitrogens is 2. The third kappa shape index (κ3) is 3.38. The first-order valence-electron chi connectivity index (χ1n) is 7.32. The number of amides is 2. The highest BCUT2D eigenvalue weighted by molar-refractivity contribution is 6.31. The van der Waals surface area contributed by atoms with Crippen molar-refractivity contribution in [1.29, 1.82) is 0 Å². The Morgan fingerprint density at radius 1 is 1.21 bits per heavy atom. The number of carbonyl (C=O) groups excluding carboxylic acids is 2. The lowest BCUT2D eigenvalue weighted by Crippen LogP contribution is -2.33. The maximum atomic E-state index is 12.2. The van der Waals surface area contributed by atoms with Crippen LogP contribution in [-0.2, 0) is 4.79 Å². The summed E-state index contributed by atoms with van der Waals surface area (Å²) in [4.78, 5) is 24.1. The van der Waals surface area contributed by atoms with Gasteiger partial charge in [0.1, 0.15) is 0 Å². The molecular weight excluding hydrogens is 328 g/mol. The first-order valence-corrected chi connectivity index (χ1v) is 7.69. The van der Waals surface area contributed by atoms with Gasteiger partial charge in [-0.3, -0.25) is 14.7 Å². The van der Waals surface area contributed by atoms with E-state index in [1.807, 2.05) is 31.2 Å². The van der Waals surface area contributed by atoms with Gasteiger partial charge in [0.2, 0.25) is 5.91 Å². The molecule has 7 heteroatoms. The van der Waals surface area contributed by atoms with Gasteiger partial charge < -0.3 is 10.6 Å². The molecule has 0 aliphatic heterocycles. The van der Waals surface area contributed by atoms with Crippen molar-refractivity contribution in [2.75, 3.05) is 11.9 Å². The fourth-order valence-corrected chi connectivity index (χ4v) is 2.44. The number of benzene rings is 2. The summed E-state index contributed by atoms with van der Waals surface area (Å²) in [5.41, 5.74) is 2.53. The summed E-state index contributed by atoms with van der Waals surface area (Å²) in [5.74, 6) is -0.757. The summed E-state index contributed by atoms with van der Waals surface area (Å²) in [5, 5.41) is 13.3. The number of aromatic amines is 1. The lowest BCUT2D eigenvalue weighted by Gasteiger charge is -2.07. The second-order valence-corrected chi connectivity index (χ2v) is 5.72. The number of carbonyl (C=O) groups is 2. The molecule has 3 aromatic rings. The lowest BCUT2D eigenvalue weighted by atomic mass is 10.2. The van der Waals surface area contributed by atoms with E-state index in [1.165, 1.54) is 0 Å². The van der Waals surface area contributed by atoms with Crippen molar-refractivity contribution in [2.24, 2.45) is 0 Å². The average Bonchev–Trinajstić information content (AvgIpc) is 3.00. The molecule has 1 heterocycles. The van der Waals surface area contributed by atoms with E-state index in [1.54, 1.807) is 18.2 Å². The van der Waals surface area contributed by atoms with Crippen LogP contribution in [0.4, 0.5) is 5.69 Å². The molecule has 0 saturated carbocycles. The standard InChI is InChI=1S/C17H15ClN4O2/c1-10-6-7-11(8-13(10)18)20-15(23)9-19-17(24)16-12-4-2-3-5-14(12)21-22-16/h2-8H,9H2,1H3,(H,19,24)(H,20,23)(H,21,22). The molecular formula is C17H15ClN4O2. The largest absolute Gasteiger partial charge is 0.342 e. The molecule has 0 aliphatic rings. The Morgan fingerprint density at radius 3 is 2.79 bits per heavy atom. The normalized spacial score (nSPS) is 10.6. The summed E-state index contributed by atoms with van der Waals surface area (Å²) in [6.07, 6.45) is 0. The number of anilines is 1. The number of fused-ring (bicyclic) bond motifs is 1. The van der Waals surface area contributed by atoms with Gasteiger partial charge in [0.15, 0.2) is 5.69 Å². The number of hydrogen-bond donors (Lipinski definition) is 3. The van der Waals surface area contributed by atoms with Crippen LogP contribution in [0.25, 0.3) is 10.9 Å². The molecule has 6 nitrogen and oxygen atoms in total. The molecule has 0 fully saturated rings. The van der Waals surface area contributed by atoms with Crippen LogP contribution in [0.1, 0.15) is 16.1 Å². The molecule has 24 heavy (non-hydrogen) atoms. The number of hydrogen-bond acceptors (Lipinski definition) is 3. The molecule has 0 spiro atoms. The zero-order valence-corrected chi connectivity index (χ0v) is 13.6.